The van der Waals surface area contributed by atoms with Crippen molar-refractivity contribution in [1.29, 1.82) is 0 Å². The molecule has 0 bridgehead atoms. The lowest BCUT2D eigenvalue weighted by molar-refractivity contribution is 0.0949. The minimum Gasteiger partial charge on any atom is -0.348 e. The average molecular weight is 399 g/mol. The number of hydrogen-bond acceptors (Lipinski definition) is 2. The number of amides is 2. The van der Waals surface area contributed by atoms with Gasteiger partial charge >= 0.3 is 0 Å². The molecule has 2 N–H and O–H groups in total. The Bertz CT molecular complexity index is 955. The fourth-order valence-electron chi connectivity index (χ4n) is 2.43. The minimum atomic E-state index is -0.264. The lowest BCUT2D eigenvalue weighted by Crippen LogP contribution is -2.23. The summed E-state index contributed by atoms with van der Waals surface area (Å²) in [5, 5.41) is 6.79. The van der Waals surface area contributed by atoms with E-state index in [0.29, 0.717) is 33.4 Å². The summed E-state index contributed by atoms with van der Waals surface area (Å²) in [7, 11) is 0. The highest BCUT2D eigenvalue weighted by Gasteiger charge is 2.10. The van der Waals surface area contributed by atoms with Crippen molar-refractivity contribution < 1.29 is 9.59 Å². The zero-order valence-electron chi connectivity index (χ0n) is 14.2. The van der Waals surface area contributed by atoms with Gasteiger partial charge in [0.25, 0.3) is 11.8 Å². The van der Waals surface area contributed by atoms with Gasteiger partial charge in [0.2, 0.25) is 0 Å². The van der Waals surface area contributed by atoms with Crippen molar-refractivity contribution in [2.45, 2.75) is 6.54 Å². The molecule has 0 heterocycles. The van der Waals surface area contributed by atoms with Crippen LogP contribution in [0.1, 0.15) is 26.3 Å². The summed E-state index contributed by atoms with van der Waals surface area (Å²) in [6.07, 6.45) is 0. The first-order chi connectivity index (χ1) is 13.0. The Morgan fingerprint density at radius 1 is 0.741 bits per heavy atom. The van der Waals surface area contributed by atoms with Crippen molar-refractivity contribution in [2.24, 2.45) is 0 Å². The molecular formula is C21H16Cl2N2O2. The molecule has 0 radical (unpaired) electrons. The number of nitrogens with one attached hydrogen (secondary N) is 2. The highest BCUT2D eigenvalue weighted by atomic mass is 35.5. The van der Waals surface area contributed by atoms with Gasteiger partial charge in [0.1, 0.15) is 0 Å². The van der Waals surface area contributed by atoms with Crippen LogP contribution < -0.4 is 10.6 Å². The van der Waals surface area contributed by atoms with Gasteiger partial charge in [0.15, 0.2) is 0 Å². The van der Waals surface area contributed by atoms with E-state index < -0.39 is 0 Å². The second-order valence-corrected chi connectivity index (χ2v) is 6.66. The van der Waals surface area contributed by atoms with Gasteiger partial charge in [-0.25, -0.2) is 0 Å². The monoisotopic (exact) mass is 398 g/mol. The summed E-state index contributed by atoms with van der Waals surface area (Å²) < 4.78 is 0. The third kappa shape index (κ3) is 5.09. The van der Waals surface area contributed by atoms with Crippen LogP contribution in [-0.2, 0) is 6.54 Å². The van der Waals surface area contributed by atoms with E-state index in [1.807, 2.05) is 18.2 Å². The lowest BCUT2D eigenvalue weighted by atomic mass is 10.1. The third-order valence-corrected chi connectivity index (χ3v) is 4.53. The fourth-order valence-corrected chi connectivity index (χ4v) is 2.76. The maximum atomic E-state index is 12.3. The third-order valence-electron chi connectivity index (χ3n) is 3.91. The Morgan fingerprint density at radius 2 is 1.33 bits per heavy atom. The predicted molar refractivity (Wildman–Crippen MR) is 108 cm³/mol. The Labute approximate surface area is 167 Å². The molecule has 0 aliphatic rings. The molecule has 3 aromatic carbocycles. The van der Waals surface area contributed by atoms with Crippen molar-refractivity contribution >= 4 is 40.7 Å². The van der Waals surface area contributed by atoms with Crippen LogP contribution in [0, 0.1) is 0 Å². The molecular weight excluding hydrogens is 383 g/mol. The minimum absolute atomic E-state index is 0.237. The Balaban J connectivity index is 1.60. The first-order valence-corrected chi connectivity index (χ1v) is 8.97. The number of hydrogen-bond donors (Lipinski definition) is 2. The van der Waals surface area contributed by atoms with E-state index in [0.717, 1.165) is 5.56 Å². The van der Waals surface area contributed by atoms with Crippen LogP contribution in [-0.4, -0.2) is 11.8 Å². The van der Waals surface area contributed by atoms with Crippen LogP contribution in [0.4, 0.5) is 5.69 Å². The smallest absolute Gasteiger partial charge is 0.255 e. The Kier molecular flexibility index (Phi) is 6.12. The summed E-state index contributed by atoms with van der Waals surface area (Å²) in [4.78, 5) is 24.5. The lowest BCUT2D eigenvalue weighted by Gasteiger charge is -2.08. The van der Waals surface area contributed by atoms with Gasteiger partial charge in [0.05, 0.1) is 0 Å². The summed E-state index contributed by atoms with van der Waals surface area (Å²) in [6, 6.07) is 20.6. The maximum Gasteiger partial charge on any atom is 0.255 e. The first-order valence-electron chi connectivity index (χ1n) is 8.21. The van der Waals surface area contributed by atoms with Crippen molar-refractivity contribution in [1.82, 2.24) is 5.32 Å². The van der Waals surface area contributed by atoms with Crippen LogP contribution in [0.15, 0.2) is 72.8 Å². The van der Waals surface area contributed by atoms with E-state index in [9.17, 15) is 9.59 Å². The Morgan fingerprint density at radius 3 is 1.96 bits per heavy atom. The quantitative estimate of drug-likeness (QED) is 0.622. The number of anilines is 1. The molecule has 0 unspecified atom stereocenters. The molecule has 0 atom stereocenters. The molecule has 2 amide bonds. The van der Waals surface area contributed by atoms with E-state index in [1.54, 1.807) is 54.6 Å². The number of halogens is 2. The molecule has 4 nitrogen and oxygen atoms in total. The highest BCUT2D eigenvalue weighted by Crippen LogP contribution is 2.16. The van der Waals surface area contributed by atoms with E-state index in [1.165, 1.54) is 0 Å². The molecule has 0 fully saturated rings. The van der Waals surface area contributed by atoms with E-state index in [-0.39, 0.29) is 11.8 Å². The second-order valence-electron chi connectivity index (χ2n) is 5.81. The van der Waals surface area contributed by atoms with Crippen LogP contribution in [0.5, 0.6) is 0 Å². The molecule has 0 aliphatic heterocycles. The maximum absolute atomic E-state index is 12.3. The van der Waals surface area contributed by atoms with E-state index in [2.05, 4.69) is 10.6 Å². The van der Waals surface area contributed by atoms with Gasteiger partial charge in [0, 0.05) is 33.4 Å². The summed E-state index contributed by atoms with van der Waals surface area (Å²) in [5.41, 5.74) is 2.40. The zero-order valence-corrected chi connectivity index (χ0v) is 15.7. The van der Waals surface area contributed by atoms with Gasteiger partial charge in [-0.2, -0.15) is 0 Å². The molecule has 0 saturated heterocycles. The molecule has 3 rings (SSSR count). The number of carbonyl (C=O) groups is 2. The summed E-state index contributed by atoms with van der Waals surface area (Å²) in [5.74, 6) is -0.500. The van der Waals surface area contributed by atoms with Crippen molar-refractivity contribution in [3.8, 4) is 0 Å². The molecule has 0 spiro atoms. The molecule has 0 saturated carbocycles. The van der Waals surface area contributed by atoms with Crippen LogP contribution in [0.25, 0.3) is 0 Å². The predicted octanol–water partition coefficient (Wildman–Crippen LogP) is 5.18. The van der Waals surface area contributed by atoms with Crippen molar-refractivity contribution in [3.63, 3.8) is 0 Å². The second kappa shape index (κ2) is 8.71. The van der Waals surface area contributed by atoms with Gasteiger partial charge in [-0.3, -0.25) is 9.59 Å². The van der Waals surface area contributed by atoms with Crippen LogP contribution in [0.3, 0.4) is 0 Å². The SMILES string of the molecule is O=C(NCc1ccccc1Cl)c1ccc(C(=O)Nc2ccc(Cl)cc2)cc1. The first kappa shape index (κ1) is 19.0. The molecule has 0 aromatic heterocycles. The summed E-state index contributed by atoms with van der Waals surface area (Å²) >= 11 is 11.9. The largest absolute Gasteiger partial charge is 0.348 e. The number of carbonyl (C=O) groups excluding carboxylic acids is 2. The normalized spacial score (nSPS) is 10.3. The molecule has 27 heavy (non-hydrogen) atoms. The Hall–Kier alpha value is -2.82. The fraction of sp³-hybridized carbons (Fsp3) is 0.0476. The van der Waals surface area contributed by atoms with Crippen molar-refractivity contribution in [3.05, 3.63) is 99.5 Å². The van der Waals surface area contributed by atoms with Crippen LogP contribution in [0.2, 0.25) is 10.0 Å². The van der Waals surface area contributed by atoms with Crippen molar-refractivity contribution in [2.75, 3.05) is 5.32 Å². The zero-order chi connectivity index (χ0) is 19.2. The van der Waals surface area contributed by atoms with Gasteiger partial charge < -0.3 is 10.6 Å². The molecule has 6 heteroatoms. The van der Waals surface area contributed by atoms with E-state index >= 15 is 0 Å². The number of rotatable bonds is 5. The topological polar surface area (TPSA) is 58.2 Å². The molecule has 136 valence electrons. The van der Waals surface area contributed by atoms with Gasteiger partial charge in [-0.1, -0.05) is 41.4 Å². The highest BCUT2D eigenvalue weighted by molar-refractivity contribution is 6.31. The summed E-state index contributed by atoms with van der Waals surface area (Å²) in [6.45, 7) is 0.331. The van der Waals surface area contributed by atoms with Gasteiger partial charge in [-0.05, 0) is 60.2 Å². The number of benzene rings is 3. The molecule has 0 aliphatic carbocycles. The molecule has 3 aromatic rings. The van der Waals surface area contributed by atoms with E-state index in [4.69, 9.17) is 23.2 Å². The average Bonchev–Trinajstić information content (AvgIpc) is 2.69. The van der Waals surface area contributed by atoms with Crippen LogP contribution >= 0.6 is 23.2 Å². The van der Waals surface area contributed by atoms with Gasteiger partial charge in [-0.15, -0.1) is 0 Å². The standard InChI is InChI=1S/C21H16Cl2N2O2/c22-17-9-11-18(12-10-17)25-21(27)15-7-5-14(6-8-15)20(26)24-13-16-3-1-2-4-19(16)23/h1-12H,13H2,(H,24,26)(H,25,27).